The molecule has 0 aromatic carbocycles. The maximum absolute atomic E-state index is 12.0. The van der Waals surface area contributed by atoms with Crippen molar-refractivity contribution in [3.63, 3.8) is 0 Å². The molecule has 1 aliphatic heterocycles. The van der Waals surface area contributed by atoms with Crippen LogP contribution in [-0.4, -0.2) is 23.9 Å². The van der Waals surface area contributed by atoms with Crippen molar-refractivity contribution in [2.45, 2.75) is 26.3 Å². The normalized spacial score (nSPS) is 17.0. The van der Waals surface area contributed by atoms with Crippen LogP contribution < -0.4 is 5.73 Å². The molecule has 0 radical (unpaired) electrons. The van der Waals surface area contributed by atoms with Gasteiger partial charge >= 0.3 is 0 Å². The molecule has 4 heteroatoms. The third-order valence-corrected chi connectivity index (χ3v) is 4.11. The van der Waals surface area contributed by atoms with Crippen molar-refractivity contribution in [2.24, 2.45) is 11.7 Å². The lowest BCUT2D eigenvalue weighted by atomic mass is 10.1. The van der Waals surface area contributed by atoms with E-state index >= 15 is 0 Å². The Labute approximate surface area is 100 Å². The molecule has 3 nitrogen and oxygen atoms in total. The minimum absolute atomic E-state index is 0.245. The molecule has 2 heterocycles. The molecule has 1 unspecified atom stereocenters. The van der Waals surface area contributed by atoms with Crippen molar-refractivity contribution in [3.05, 3.63) is 21.9 Å². The van der Waals surface area contributed by atoms with Crippen LogP contribution in [0.5, 0.6) is 0 Å². The smallest absolute Gasteiger partial charge is 0.223 e. The molecule has 1 aliphatic rings. The summed E-state index contributed by atoms with van der Waals surface area (Å²) in [6, 6.07) is 2.13. The van der Waals surface area contributed by atoms with Gasteiger partial charge in [-0.2, -0.15) is 0 Å². The molecule has 1 aromatic rings. The number of hydrogen-bond donors (Lipinski definition) is 1. The maximum Gasteiger partial charge on any atom is 0.223 e. The largest absolute Gasteiger partial charge is 0.338 e. The fraction of sp³-hybridized carbons (Fsp3) is 0.583. The van der Waals surface area contributed by atoms with Gasteiger partial charge in [-0.15, -0.1) is 11.3 Å². The van der Waals surface area contributed by atoms with Crippen LogP contribution in [0.2, 0.25) is 0 Å². The predicted octanol–water partition coefficient (Wildman–Crippen LogP) is 1.62. The zero-order valence-corrected chi connectivity index (χ0v) is 10.4. The number of rotatable bonds is 3. The Hall–Kier alpha value is -0.870. The number of fused-ring (bicyclic) bond motifs is 1. The summed E-state index contributed by atoms with van der Waals surface area (Å²) in [5.74, 6) is 0.533. The summed E-state index contributed by atoms with van der Waals surface area (Å²) >= 11 is 1.80. The van der Waals surface area contributed by atoms with E-state index in [0.717, 1.165) is 19.5 Å². The second-order valence-corrected chi connectivity index (χ2v) is 5.48. The molecule has 88 valence electrons. The van der Waals surface area contributed by atoms with Crippen LogP contribution in [0.4, 0.5) is 0 Å². The third-order valence-electron chi connectivity index (χ3n) is 3.09. The molecule has 1 aromatic heterocycles. The van der Waals surface area contributed by atoms with Crippen LogP contribution in [0, 0.1) is 5.92 Å². The highest BCUT2D eigenvalue weighted by Gasteiger charge is 2.22. The number of carbonyl (C=O) groups excluding carboxylic acids is 1. The van der Waals surface area contributed by atoms with Gasteiger partial charge in [-0.3, -0.25) is 4.79 Å². The van der Waals surface area contributed by atoms with Gasteiger partial charge in [0.2, 0.25) is 5.91 Å². The SMILES string of the molecule is CC(CN)CC(=O)N1CCc2sccc2C1. The fourth-order valence-electron chi connectivity index (χ4n) is 1.97. The van der Waals surface area contributed by atoms with E-state index in [9.17, 15) is 4.79 Å². The van der Waals surface area contributed by atoms with E-state index in [2.05, 4.69) is 11.4 Å². The first-order chi connectivity index (χ1) is 7.70. The van der Waals surface area contributed by atoms with Crippen LogP contribution >= 0.6 is 11.3 Å². The fourth-order valence-corrected chi connectivity index (χ4v) is 2.86. The van der Waals surface area contributed by atoms with Gasteiger partial charge in [0, 0.05) is 24.4 Å². The van der Waals surface area contributed by atoms with E-state index in [1.54, 1.807) is 11.3 Å². The lowest BCUT2D eigenvalue weighted by molar-refractivity contribution is -0.132. The standard InChI is InChI=1S/C12H18N2OS/c1-9(7-13)6-12(15)14-4-2-11-10(8-14)3-5-16-11/h3,5,9H,2,4,6-8,13H2,1H3. The summed E-state index contributed by atoms with van der Waals surface area (Å²) in [6.07, 6.45) is 1.59. The number of hydrogen-bond acceptors (Lipinski definition) is 3. The van der Waals surface area contributed by atoms with E-state index in [0.29, 0.717) is 13.0 Å². The Balaban J connectivity index is 1.95. The lowest BCUT2D eigenvalue weighted by Gasteiger charge is -2.28. The summed E-state index contributed by atoms with van der Waals surface area (Å²) in [4.78, 5) is 15.4. The van der Waals surface area contributed by atoms with Gasteiger partial charge in [0.15, 0.2) is 0 Å². The Bertz CT molecular complexity index is 375. The molecule has 0 aliphatic carbocycles. The minimum Gasteiger partial charge on any atom is -0.338 e. The van der Waals surface area contributed by atoms with Gasteiger partial charge in [-0.25, -0.2) is 0 Å². The molecular formula is C12H18N2OS. The van der Waals surface area contributed by atoms with Crippen molar-refractivity contribution in [3.8, 4) is 0 Å². The van der Waals surface area contributed by atoms with Gasteiger partial charge in [0.05, 0.1) is 0 Å². The van der Waals surface area contributed by atoms with E-state index in [1.807, 2.05) is 11.8 Å². The lowest BCUT2D eigenvalue weighted by Crippen LogP contribution is -2.36. The van der Waals surface area contributed by atoms with Crippen LogP contribution in [-0.2, 0) is 17.8 Å². The minimum atomic E-state index is 0.245. The third kappa shape index (κ3) is 2.44. The van der Waals surface area contributed by atoms with Gasteiger partial charge in [-0.05, 0) is 35.9 Å². The van der Waals surface area contributed by atoms with Crippen molar-refractivity contribution in [2.75, 3.05) is 13.1 Å². The Kier molecular flexibility index (Phi) is 3.61. The number of amides is 1. The van der Waals surface area contributed by atoms with Crippen LogP contribution in [0.1, 0.15) is 23.8 Å². The second kappa shape index (κ2) is 4.97. The molecule has 16 heavy (non-hydrogen) atoms. The van der Waals surface area contributed by atoms with Crippen LogP contribution in [0.25, 0.3) is 0 Å². The second-order valence-electron chi connectivity index (χ2n) is 4.48. The number of nitrogens with zero attached hydrogens (tertiary/aromatic N) is 1. The molecule has 0 saturated carbocycles. The van der Waals surface area contributed by atoms with Gasteiger partial charge in [0.1, 0.15) is 0 Å². The number of thiophene rings is 1. The highest BCUT2D eigenvalue weighted by atomic mass is 32.1. The first-order valence-electron chi connectivity index (χ1n) is 5.73. The molecule has 1 atom stereocenters. The molecule has 0 saturated heterocycles. The van der Waals surface area contributed by atoms with E-state index in [-0.39, 0.29) is 11.8 Å². The van der Waals surface area contributed by atoms with Gasteiger partial charge in [0.25, 0.3) is 0 Å². The molecule has 0 spiro atoms. The van der Waals surface area contributed by atoms with Crippen LogP contribution in [0.3, 0.4) is 0 Å². The molecule has 0 bridgehead atoms. The quantitative estimate of drug-likeness (QED) is 0.869. The first-order valence-corrected chi connectivity index (χ1v) is 6.61. The van der Waals surface area contributed by atoms with E-state index in [1.165, 1.54) is 10.4 Å². The van der Waals surface area contributed by atoms with Crippen molar-refractivity contribution in [1.29, 1.82) is 0 Å². The van der Waals surface area contributed by atoms with Gasteiger partial charge in [-0.1, -0.05) is 6.92 Å². The summed E-state index contributed by atoms with van der Waals surface area (Å²) in [5.41, 5.74) is 6.86. The molecule has 1 amide bonds. The van der Waals surface area contributed by atoms with E-state index in [4.69, 9.17) is 5.73 Å². The zero-order chi connectivity index (χ0) is 11.5. The molecular weight excluding hydrogens is 220 g/mol. The van der Waals surface area contributed by atoms with Gasteiger partial charge < -0.3 is 10.6 Å². The van der Waals surface area contributed by atoms with Crippen molar-refractivity contribution in [1.82, 2.24) is 4.90 Å². The first kappa shape index (κ1) is 11.6. The zero-order valence-electron chi connectivity index (χ0n) is 9.61. The Morgan fingerprint density at radius 2 is 2.50 bits per heavy atom. The predicted molar refractivity (Wildman–Crippen MR) is 66.3 cm³/mol. The van der Waals surface area contributed by atoms with Crippen LogP contribution in [0.15, 0.2) is 11.4 Å². The molecule has 2 rings (SSSR count). The monoisotopic (exact) mass is 238 g/mol. The van der Waals surface area contributed by atoms with Crippen molar-refractivity contribution < 1.29 is 4.79 Å². The highest BCUT2D eigenvalue weighted by Crippen LogP contribution is 2.24. The Morgan fingerprint density at radius 1 is 1.69 bits per heavy atom. The highest BCUT2D eigenvalue weighted by molar-refractivity contribution is 7.10. The van der Waals surface area contributed by atoms with E-state index < -0.39 is 0 Å². The average molecular weight is 238 g/mol. The Morgan fingerprint density at radius 3 is 3.25 bits per heavy atom. The summed E-state index contributed by atoms with van der Waals surface area (Å²) < 4.78 is 0. The average Bonchev–Trinajstić information content (AvgIpc) is 2.75. The number of nitrogens with two attached hydrogens (primary N) is 1. The molecule has 2 N–H and O–H groups in total. The molecule has 0 fully saturated rings. The number of carbonyl (C=O) groups is 1. The maximum atomic E-state index is 12.0. The topological polar surface area (TPSA) is 46.3 Å². The summed E-state index contributed by atoms with van der Waals surface area (Å²) in [7, 11) is 0. The van der Waals surface area contributed by atoms with Crippen molar-refractivity contribution >= 4 is 17.2 Å². The summed E-state index contributed by atoms with van der Waals surface area (Å²) in [5, 5.41) is 2.11. The summed E-state index contributed by atoms with van der Waals surface area (Å²) in [6.45, 7) is 4.26.